The lowest BCUT2D eigenvalue weighted by Crippen LogP contribution is -2.53. The minimum Gasteiger partial charge on any atom is -0.417 e. The molecule has 0 spiro atoms. The molecular formula is C26H44O2Si. The zero-order chi connectivity index (χ0) is 21.2. The van der Waals surface area contributed by atoms with Crippen molar-refractivity contribution in [2.75, 3.05) is 0 Å². The van der Waals surface area contributed by atoms with E-state index in [1.54, 1.807) is 0 Å². The fourth-order valence-corrected chi connectivity index (χ4v) is 9.48. The molecule has 0 aromatic rings. The van der Waals surface area contributed by atoms with E-state index in [-0.39, 0.29) is 5.41 Å². The van der Waals surface area contributed by atoms with Gasteiger partial charge in [-0.2, -0.15) is 0 Å². The maximum Gasteiger partial charge on any atom is 0.171 e. The highest BCUT2D eigenvalue weighted by Gasteiger charge is 2.60. The van der Waals surface area contributed by atoms with Gasteiger partial charge in [-0.1, -0.05) is 40.2 Å². The summed E-state index contributed by atoms with van der Waals surface area (Å²) >= 11 is 0. The predicted molar refractivity (Wildman–Crippen MR) is 123 cm³/mol. The van der Waals surface area contributed by atoms with Crippen LogP contribution in [0.5, 0.6) is 0 Å². The van der Waals surface area contributed by atoms with Gasteiger partial charge in [0.25, 0.3) is 0 Å². The Bertz CT molecular complexity index is 689. The van der Waals surface area contributed by atoms with E-state index in [2.05, 4.69) is 47.7 Å². The number of hydrogen-bond acceptors (Lipinski definition) is 2. The third kappa shape index (κ3) is 3.52. The Balaban J connectivity index is 1.62. The average Bonchev–Trinajstić information content (AvgIpc) is 2.96. The Hall–Kier alpha value is -0.413. The second kappa shape index (κ2) is 7.33. The van der Waals surface area contributed by atoms with Crippen LogP contribution in [0.4, 0.5) is 0 Å². The highest BCUT2D eigenvalue weighted by molar-refractivity contribution is 6.48. The lowest BCUT2D eigenvalue weighted by atomic mass is 9.46. The molecule has 29 heavy (non-hydrogen) atoms. The molecule has 4 rings (SSSR count). The third-order valence-corrected chi connectivity index (χ3v) is 10.5. The minimum atomic E-state index is -1.07. The summed E-state index contributed by atoms with van der Waals surface area (Å²) in [6.45, 7) is 17.0. The molecule has 0 aromatic heterocycles. The smallest absolute Gasteiger partial charge is 0.171 e. The highest BCUT2D eigenvalue weighted by Crippen LogP contribution is 2.67. The maximum atomic E-state index is 12.1. The molecule has 0 heterocycles. The summed E-state index contributed by atoms with van der Waals surface area (Å²) in [5.41, 5.74) is 2.44. The van der Waals surface area contributed by atoms with Crippen LogP contribution in [0.25, 0.3) is 0 Å². The van der Waals surface area contributed by atoms with E-state index in [1.165, 1.54) is 44.1 Å². The van der Waals surface area contributed by atoms with Gasteiger partial charge >= 0.3 is 0 Å². The molecule has 0 aromatic carbocycles. The summed E-state index contributed by atoms with van der Waals surface area (Å²) < 4.78 is 6.76. The Kier molecular flexibility index (Phi) is 5.51. The van der Waals surface area contributed by atoms with Gasteiger partial charge in [-0.05, 0) is 104 Å². The Morgan fingerprint density at radius 2 is 1.76 bits per heavy atom. The molecule has 3 saturated carbocycles. The fraction of sp³-hybridized carbons (Fsp3) is 0.885. The number of carbonyl (C=O) groups excluding carboxylic acids is 1. The Labute approximate surface area is 181 Å². The van der Waals surface area contributed by atoms with Gasteiger partial charge in [-0.3, -0.25) is 4.79 Å². The molecule has 2 unspecified atom stereocenters. The number of ketones is 1. The zero-order valence-corrected chi connectivity index (χ0v) is 21.2. The van der Waals surface area contributed by atoms with E-state index >= 15 is 0 Å². The van der Waals surface area contributed by atoms with E-state index in [0.29, 0.717) is 28.6 Å². The Morgan fingerprint density at radius 1 is 1.03 bits per heavy atom. The maximum absolute atomic E-state index is 12.1. The largest absolute Gasteiger partial charge is 0.417 e. The monoisotopic (exact) mass is 416 g/mol. The molecule has 0 saturated heterocycles. The van der Waals surface area contributed by atoms with Crippen LogP contribution in [0.2, 0.25) is 13.1 Å². The van der Waals surface area contributed by atoms with Crippen molar-refractivity contribution >= 4 is 14.8 Å². The number of allylic oxidation sites excluding steroid dienone is 1. The Morgan fingerprint density at radius 3 is 2.41 bits per heavy atom. The van der Waals surface area contributed by atoms with Gasteiger partial charge in [0.2, 0.25) is 0 Å². The van der Waals surface area contributed by atoms with Gasteiger partial charge in [-0.25, -0.2) is 0 Å². The molecule has 2 nitrogen and oxygen atoms in total. The fourth-order valence-electron chi connectivity index (χ4n) is 8.29. The molecule has 4 aliphatic rings. The van der Waals surface area contributed by atoms with Crippen molar-refractivity contribution in [2.24, 2.45) is 39.9 Å². The van der Waals surface area contributed by atoms with Gasteiger partial charge in [0.15, 0.2) is 14.8 Å². The third-order valence-electron chi connectivity index (χ3n) is 9.67. The van der Waals surface area contributed by atoms with E-state index in [4.69, 9.17) is 4.43 Å². The number of fused-ring (bicyclic) bond motifs is 5. The van der Waals surface area contributed by atoms with Crippen LogP contribution >= 0.6 is 0 Å². The second-order valence-electron chi connectivity index (χ2n) is 12.7. The molecule has 0 N–H and O–H groups in total. The van der Waals surface area contributed by atoms with Crippen molar-refractivity contribution in [3.8, 4) is 0 Å². The number of carbonyl (C=O) groups is 1. The summed E-state index contributed by atoms with van der Waals surface area (Å²) in [5.74, 6) is 3.58. The van der Waals surface area contributed by atoms with Crippen LogP contribution in [0.3, 0.4) is 0 Å². The predicted octanol–water partition coefficient (Wildman–Crippen LogP) is 6.55. The van der Waals surface area contributed by atoms with E-state index < -0.39 is 9.04 Å². The summed E-state index contributed by atoms with van der Waals surface area (Å²) in [4.78, 5) is 12.1. The van der Waals surface area contributed by atoms with Gasteiger partial charge in [-0.15, -0.1) is 0 Å². The van der Waals surface area contributed by atoms with Gasteiger partial charge < -0.3 is 4.43 Å². The van der Waals surface area contributed by atoms with Crippen LogP contribution in [0.15, 0.2) is 11.6 Å². The topological polar surface area (TPSA) is 26.3 Å². The van der Waals surface area contributed by atoms with Crippen molar-refractivity contribution in [1.29, 1.82) is 0 Å². The van der Waals surface area contributed by atoms with Gasteiger partial charge in [0, 0.05) is 6.42 Å². The molecule has 0 aliphatic heterocycles. The molecule has 3 fully saturated rings. The molecule has 164 valence electrons. The van der Waals surface area contributed by atoms with E-state index in [0.717, 1.165) is 30.6 Å². The van der Waals surface area contributed by atoms with Gasteiger partial charge in [0.1, 0.15) is 0 Å². The van der Waals surface area contributed by atoms with Crippen LogP contribution in [0.1, 0.15) is 86.0 Å². The van der Waals surface area contributed by atoms with Gasteiger partial charge in [0.05, 0.1) is 6.10 Å². The van der Waals surface area contributed by atoms with Crippen molar-refractivity contribution in [3.63, 3.8) is 0 Å². The molecule has 0 bridgehead atoms. The normalized spacial score (nSPS) is 43.4. The summed E-state index contributed by atoms with van der Waals surface area (Å²) in [7, 11) is -1.07. The molecule has 4 aliphatic carbocycles. The molecule has 0 amide bonds. The van der Waals surface area contributed by atoms with E-state index in [9.17, 15) is 4.79 Å². The molecule has 7 atom stereocenters. The summed E-state index contributed by atoms with van der Waals surface area (Å²) in [6, 6.07) is 0. The first-order chi connectivity index (χ1) is 13.5. The standard InChI is InChI=1S/C26H44O2Si/c1-24(2,3)23(28-29(6)7)22-11-10-20-19-9-8-17-16-18(27)12-14-25(17,4)21(19)13-15-26(20,22)5/h16,19-23,29H,8-15H2,1-7H3/t19-,20-,21+,22?,23?,25-,26-/m0/s1. The minimum absolute atomic E-state index is 0.217. The molecule has 3 heteroatoms. The number of hydrogen-bond donors (Lipinski definition) is 0. The second-order valence-corrected chi connectivity index (χ2v) is 15.0. The zero-order valence-electron chi connectivity index (χ0n) is 20.0. The first-order valence-corrected chi connectivity index (χ1v) is 15.1. The lowest BCUT2D eigenvalue weighted by Gasteiger charge is -2.59. The average molecular weight is 417 g/mol. The van der Waals surface area contributed by atoms with Crippen molar-refractivity contribution in [3.05, 3.63) is 11.6 Å². The summed E-state index contributed by atoms with van der Waals surface area (Å²) in [5, 5.41) is 0. The van der Waals surface area contributed by atoms with Crippen molar-refractivity contribution in [1.82, 2.24) is 0 Å². The molecule has 0 radical (unpaired) electrons. The van der Waals surface area contributed by atoms with E-state index in [1.807, 2.05) is 6.08 Å². The first-order valence-electron chi connectivity index (χ1n) is 12.4. The highest BCUT2D eigenvalue weighted by atomic mass is 28.3. The first kappa shape index (κ1) is 21.8. The van der Waals surface area contributed by atoms with Crippen LogP contribution < -0.4 is 0 Å². The lowest BCUT2D eigenvalue weighted by molar-refractivity contribution is -0.118. The number of rotatable bonds is 3. The van der Waals surface area contributed by atoms with Crippen molar-refractivity contribution < 1.29 is 9.22 Å². The SMILES string of the molecule is C[SiH](C)OC(C1CC[C@H]2[C@@H]3CCC4=CC(=O)CC[C@]4(C)[C@@H]3CC[C@]12C)C(C)(C)C. The quantitative estimate of drug-likeness (QED) is 0.488. The van der Waals surface area contributed by atoms with Crippen LogP contribution in [-0.2, 0) is 9.22 Å². The summed E-state index contributed by atoms with van der Waals surface area (Å²) in [6.07, 6.45) is 12.2. The molecular weight excluding hydrogens is 372 g/mol. The van der Waals surface area contributed by atoms with Crippen molar-refractivity contribution in [2.45, 2.75) is 105 Å². The van der Waals surface area contributed by atoms with Crippen LogP contribution in [-0.4, -0.2) is 20.9 Å². The van der Waals surface area contributed by atoms with Crippen LogP contribution in [0, 0.1) is 39.9 Å².